The topological polar surface area (TPSA) is 0 Å². The maximum atomic E-state index is 12.2. The van der Waals surface area contributed by atoms with Crippen molar-refractivity contribution in [3.8, 4) is 0 Å². The van der Waals surface area contributed by atoms with Crippen LogP contribution in [0.15, 0.2) is 16.6 Å². The molecule has 1 aromatic rings. The second-order valence-corrected chi connectivity index (χ2v) is 12.0. The van der Waals surface area contributed by atoms with Crippen molar-refractivity contribution in [3.05, 3.63) is 34.3 Å². The van der Waals surface area contributed by atoms with Crippen LogP contribution >= 0.6 is 46.0 Å². The first-order valence-corrected chi connectivity index (χ1v) is 15.5. The van der Waals surface area contributed by atoms with Gasteiger partial charge in [-0.25, -0.2) is 4.39 Å². The number of benzene rings is 1. The molecule has 0 radical (unpaired) electrons. The SMILES string of the molecule is CCP(CC)CC.CCP(CC)CC.Fc1c[c-]c(Br)cc1F.[Ni][Br]. The van der Waals surface area contributed by atoms with Crippen LogP contribution in [0.2, 0.25) is 0 Å². The summed E-state index contributed by atoms with van der Waals surface area (Å²) in [5, 5.41) is 0. The molecule has 0 fully saturated rings. The Morgan fingerprint density at radius 3 is 1.28 bits per heavy atom. The molecule has 7 heteroatoms. The summed E-state index contributed by atoms with van der Waals surface area (Å²) in [4.78, 5) is 0. The van der Waals surface area contributed by atoms with E-state index in [1.54, 1.807) is 0 Å². The minimum absolute atomic E-state index is 0.418. The van der Waals surface area contributed by atoms with Gasteiger partial charge in [-0.15, -0.1) is 28.0 Å². The van der Waals surface area contributed by atoms with E-state index in [1.807, 2.05) is 0 Å². The molecule has 0 N–H and O–H groups in total. The first-order chi connectivity index (χ1) is 11.9. The molecule has 0 unspecified atom stereocenters. The van der Waals surface area contributed by atoms with E-state index in [-0.39, 0.29) is 0 Å². The number of hydrogen-bond acceptors (Lipinski definition) is 0. The Hall–Kier alpha value is 1.39. The van der Waals surface area contributed by atoms with Crippen LogP contribution < -0.4 is 0 Å². The third-order valence-corrected chi connectivity index (χ3v) is 9.33. The van der Waals surface area contributed by atoms with Gasteiger partial charge in [-0.2, -0.15) is 6.07 Å². The average Bonchev–Trinajstić information content (AvgIpc) is 2.64. The summed E-state index contributed by atoms with van der Waals surface area (Å²) < 4.78 is 24.6. The van der Waals surface area contributed by atoms with Gasteiger partial charge < -0.3 is 0 Å². The van der Waals surface area contributed by atoms with Crippen LogP contribution in [-0.4, -0.2) is 37.0 Å². The summed E-state index contributed by atoms with van der Waals surface area (Å²) in [6.45, 7) is 13.7. The van der Waals surface area contributed by atoms with Crippen molar-refractivity contribution in [2.24, 2.45) is 0 Å². The molecule has 0 atom stereocenters. The molecule has 0 aliphatic heterocycles. The van der Waals surface area contributed by atoms with Gasteiger partial charge in [-0.3, -0.25) is 4.39 Å². The molecule has 0 amide bonds. The summed E-state index contributed by atoms with van der Waals surface area (Å²) in [5.41, 5.74) is 0. The zero-order valence-electron chi connectivity index (χ0n) is 16.1. The van der Waals surface area contributed by atoms with Gasteiger partial charge in [0.15, 0.2) is 0 Å². The normalized spacial score (nSPS) is 9.52. The monoisotopic (exact) mass is 564 g/mol. The molecule has 0 saturated heterocycles. The van der Waals surface area contributed by atoms with E-state index in [2.05, 4.69) is 91.5 Å². The van der Waals surface area contributed by atoms with E-state index in [9.17, 15) is 8.78 Å². The van der Waals surface area contributed by atoms with Crippen molar-refractivity contribution in [1.29, 1.82) is 0 Å². The predicted octanol–water partition coefficient (Wildman–Crippen LogP) is 8.43. The number of hydrogen-bond donors (Lipinski definition) is 0. The third-order valence-electron chi connectivity index (χ3n) is 3.50. The summed E-state index contributed by atoms with van der Waals surface area (Å²) in [5.74, 6) is -1.74. The molecule has 0 bridgehead atoms. The quantitative estimate of drug-likeness (QED) is 0.140. The third kappa shape index (κ3) is 19.9. The molecule has 153 valence electrons. The molecular weight excluding hydrogens is 535 g/mol. The van der Waals surface area contributed by atoms with Crippen LogP contribution in [0.1, 0.15) is 41.5 Å². The van der Waals surface area contributed by atoms with Crippen molar-refractivity contribution in [2.75, 3.05) is 37.0 Å². The van der Waals surface area contributed by atoms with Crippen LogP contribution in [-0.2, 0) is 13.7 Å². The first-order valence-electron chi connectivity index (χ1n) is 8.48. The summed E-state index contributed by atoms with van der Waals surface area (Å²) >= 11 is 9.18. The molecule has 0 aliphatic carbocycles. The second-order valence-electron chi connectivity index (χ2n) is 4.72. The maximum absolute atomic E-state index is 12.2. The van der Waals surface area contributed by atoms with Gasteiger partial charge in [0.25, 0.3) is 0 Å². The molecule has 0 saturated carbocycles. The molecule has 0 spiro atoms. The predicted molar refractivity (Wildman–Crippen MR) is 119 cm³/mol. The minimum atomic E-state index is -0.877. The Morgan fingerprint density at radius 1 is 0.800 bits per heavy atom. The van der Waals surface area contributed by atoms with E-state index in [0.717, 1.165) is 12.1 Å². The summed E-state index contributed by atoms with van der Waals surface area (Å²) in [6, 6.07) is 4.41. The molecule has 0 heterocycles. The van der Waals surface area contributed by atoms with Gasteiger partial charge in [-0.1, -0.05) is 61.9 Å². The Bertz CT molecular complexity index is 368. The molecule has 0 aromatic heterocycles. The van der Waals surface area contributed by atoms with E-state index < -0.39 is 11.6 Å². The van der Waals surface area contributed by atoms with Gasteiger partial charge in [0.2, 0.25) is 0 Å². The van der Waals surface area contributed by atoms with Crippen molar-refractivity contribution in [3.63, 3.8) is 0 Å². The fourth-order valence-corrected chi connectivity index (χ4v) is 4.76. The fraction of sp³-hybridized carbons (Fsp3) is 0.667. The zero-order valence-corrected chi connectivity index (χ0v) is 22.1. The van der Waals surface area contributed by atoms with Crippen LogP contribution in [0.25, 0.3) is 0 Å². The first kappa shape index (κ1) is 31.1. The van der Waals surface area contributed by atoms with Crippen molar-refractivity contribution >= 4 is 46.0 Å². The van der Waals surface area contributed by atoms with E-state index in [1.165, 1.54) is 37.0 Å². The van der Waals surface area contributed by atoms with Gasteiger partial charge >= 0.3 is 27.9 Å². The van der Waals surface area contributed by atoms with Gasteiger partial charge in [0.05, 0.1) is 5.82 Å². The van der Waals surface area contributed by atoms with Crippen molar-refractivity contribution < 1.29 is 22.5 Å². The van der Waals surface area contributed by atoms with Crippen LogP contribution in [0, 0.1) is 17.7 Å². The second kappa shape index (κ2) is 23.4. The molecule has 0 nitrogen and oxygen atoms in total. The van der Waals surface area contributed by atoms with E-state index in [0.29, 0.717) is 20.3 Å². The zero-order chi connectivity index (χ0) is 20.3. The Morgan fingerprint density at radius 2 is 1.12 bits per heavy atom. The Labute approximate surface area is 180 Å². The van der Waals surface area contributed by atoms with Crippen molar-refractivity contribution in [2.45, 2.75) is 41.5 Å². The molecule has 1 aromatic carbocycles. The standard InChI is InChI=1S/C6H2BrF2.2C6H15P.BrH.Ni/c7-4-1-2-5(8)6(9)3-4;2*1-4-7(5-2)6-3;;/h2-3H;2*4-6H2,1-3H3;1H;/q-1;;;;+1/p-1. The van der Waals surface area contributed by atoms with Crippen LogP contribution in [0.5, 0.6) is 0 Å². The van der Waals surface area contributed by atoms with Crippen molar-refractivity contribution in [1.82, 2.24) is 0 Å². The van der Waals surface area contributed by atoms with Gasteiger partial charge in [0, 0.05) is 5.82 Å². The molecule has 25 heavy (non-hydrogen) atoms. The van der Waals surface area contributed by atoms with Crippen LogP contribution in [0.4, 0.5) is 8.78 Å². The molecule has 0 aliphatic rings. The fourth-order valence-electron chi connectivity index (χ4n) is 1.76. The van der Waals surface area contributed by atoms with Gasteiger partial charge in [-0.05, 0) is 37.0 Å². The summed E-state index contributed by atoms with van der Waals surface area (Å²) in [6.07, 6.45) is 8.51. The van der Waals surface area contributed by atoms with E-state index >= 15 is 0 Å². The van der Waals surface area contributed by atoms with E-state index in [4.69, 9.17) is 0 Å². The molecular formula is C18H32Br2F2NiP2-. The Kier molecular flexibility index (Phi) is 29.1. The van der Waals surface area contributed by atoms with Gasteiger partial charge in [0.1, 0.15) is 0 Å². The number of halogens is 4. The Balaban J connectivity index is -0.000000280. The average molecular weight is 567 g/mol. The summed E-state index contributed by atoms with van der Waals surface area (Å²) in [7, 11) is 0.892. The molecule has 1 rings (SSSR count). The van der Waals surface area contributed by atoms with Crippen LogP contribution in [0.3, 0.4) is 0 Å². The number of rotatable bonds is 6.